The zero-order valence-electron chi connectivity index (χ0n) is 39.9. The van der Waals surface area contributed by atoms with E-state index in [1.807, 2.05) is 0 Å². The topological polar surface area (TPSA) is 95.9 Å². The Morgan fingerprint density at radius 2 is 0.814 bits per heavy atom. The van der Waals surface area contributed by atoms with Gasteiger partial charge in [0.2, 0.25) is 5.91 Å². The van der Waals surface area contributed by atoms with E-state index in [1.165, 1.54) is 180 Å². The molecule has 0 aliphatic rings. The third-order valence-electron chi connectivity index (χ3n) is 12.3. The zero-order valence-corrected chi connectivity index (χ0v) is 39.9. The summed E-state index contributed by atoms with van der Waals surface area (Å²) < 4.78 is 5.93. The second kappa shape index (κ2) is 47.6. The fraction of sp³-hybridized carbons (Fsp3) is 0.925. The van der Waals surface area contributed by atoms with Crippen molar-refractivity contribution in [1.82, 2.24) is 5.32 Å². The highest BCUT2D eigenvalue weighted by Gasteiger charge is 2.24. The zero-order chi connectivity index (χ0) is 43.1. The van der Waals surface area contributed by atoms with Crippen molar-refractivity contribution in [3.05, 3.63) is 12.2 Å². The molecule has 0 aromatic rings. The number of ether oxygens (including phenoxy) is 1. The molecule has 0 aliphatic heterocycles. The highest BCUT2D eigenvalue weighted by Crippen LogP contribution is 2.18. The number of rotatable bonds is 48. The summed E-state index contributed by atoms with van der Waals surface area (Å²) in [6.45, 7) is 6.49. The molecule has 0 aliphatic carbocycles. The van der Waals surface area contributed by atoms with Gasteiger partial charge in [-0.15, -0.1) is 0 Å². The number of aliphatic hydroxyl groups excluding tert-OH is 2. The fourth-order valence-electron chi connectivity index (χ4n) is 8.31. The molecule has 0 rings (SSSR count). The van der Waals surface area contributed by atoms with Crippen molar-refractivity contribution in [3.8, 4) is 0 Å². The van der Waals surface area contributed by atoms with Crippen LogP contribution in [0.15, 0.2) is 12.2 Å². The van der Waals surface area contributed by atoms with Gasteiger partial charge in [-0.05, 0) is 51.4 Å². The number of aliphatic hydroxyl groups is 2. The first kappa shape index (κ1) is 57.6. The number of carbonyl (C=O) groups is 2. The van der Waals surface area contributed by atoms with E-state index in [4.69, 9.17) is 4.74 Å². The number of unbranched alkanes of at least 4 members (excludes halogenated alkanes) is 34. The Hall–Kier alpha value is -1.40. The van der Waals surface area contributed by atoms with E-state index in [1.54, 1.807) is 0 Å². The molecule has 3 unspecified atom stereocenters. The number of carbonyl (C=O) groups excluding carboxylic acids is 2. The highest BCUT2D eigenvalue weighted by atomic mass is 16.5. The molecule has 0 saturated carbocycles. The lowest BCUT2D eigenvalue weighted by Crippen LogP contribution is -2.46. The molecule has 0 radical (unpaired) electrons. The molecule has 0 spiro atoms. The smallest absolute Gasteiger partial charge is 0.306 e. The summed E-state index contributed by atoms with van der Waals surface area (Å²) in [5.74, 6) is -0.472. The molecule has 0 fully saturated rings. The maximum absolute atomic E-state index is 13.2. The van der Waals surface area contributed by atoms with Crippen molar-refractivity contribution in [2.24, 2.45) is 0 Å². The van der Waals surface area contributed by atoms with Crippen LogP contribution in [0.4, 0.5) is 0 Å². The summed E-state index contributed by atoms with van der Waals surface area (Å²) >= 11 is 0. The van der Waals surface area contributed by atoms with E-state index < -0.39 is 18.2 Å². The van der Waals surface area contributed by atoms with Crippen molar-refractivity contribution in [2.45, 2.75) is 309 Å². The summed E-state index contributed by atoms with van der Waals surface area (Å²) in [4.78, 5) is 26.1. The molecule has 1 amide bonds. The van der Waals surface area contributed by atoms with Crippen LogP contribution in [0.2, 0.25) is 0 Å². The predicted molar refractivity (Wildman–Crippen MR) is 255 cm³/mol. The van der Waals surface area contributed by atoms with Crippen molar-refractivity contribution >= 4 is 11.9 Å². The van der Waals surface area contributed by atoms with Crippen molar-refractivity contribution in [2.75, 3.05) is 6.61 Å². The number of hydrogen-bond donors (Lipinski definition) is 3. The predicted octanol–water partition coefficient (Wildman–Crippen LogP) is 15.7. The number of allylic oxidation sites excluding steroid dienone is 2. The molecule has 6 nitrogen and oxygen atoms in total. The largest absolute Gasteiger partial charge is 0.462 e. The molecule has 0 aromatic carbocycles. The Balaban J connectivity index is 4.55. The van der Waals surface area contributed by atoms with Gasteiger partial charge in [0.1, 0.15) is 6.10 Å². The minimum absolute atomic E-state index is 0.0739. The number of esters is 1. The van der Waals surface area contributed by atoms with Crippen LogP contribution >= 0.6 is 0 Å². The van der Waals surface area contributed by atoms with E-state index in [0.717, 1.165) is 64.2 Å². The summed E-state index contributed by atoms with van der Waals surface area (Å²) in [6.07, 6.45) is 52.8. The van der Waals surface area contributed by atoms with Gasteiger partial charge in [0.15, 0.2) is 0 Å². The van der Waals surface area contributed by atoms with Gasteiger partial charge in [0.05, 0.1) is 25.2 Å². The molecular weight excluding hydrogens is 731 g/mol. The van der Waals surface area contributed by atoms with E-state index in [0.29, 0.717) is 19.3 Å². The van der Waals surface area contributed by atoms with Crippen LogP contribution in [-0.2, 0) is 14.3 Å². The standard InChI is InChI=1S/C53H103NO5/c1-4-7-10-13-16-19-21-23-25-27-28-30-33-35-38-41-44-49(47-52(57)54-50(48-55)51(56)45-42-39-36-32-18-15-12-9-6-3)59-53(58)46-43-40-37-34-31-29-26-24-22-20-17-14-11-8-5-2/h28,30,49-51,55-56H,4-27,29,31-48H2,1-3H3,(H,54,57)/b30-28+. The quantitative estimate of drug-likeness (QED) is 0.0322. The van der Waals surface area contributed by atoms with Crippen LogP contribution in [0.5, 0.6) is 0 Å². The van der Waals surface area contributed by atoms with Crippen LogP contribution in [0.3, 0.4) is 0 Å². The monoisotopic (exact) mass is 834 g/mol. The van der Waals surface area contributed by atoms with Gasteiger partial charge in [-0.2, -0.15) is 0 Å². The number of amides is 1. The molecule has 0 heterocycles. The van der Waals surface area contributed by atoms with Crippen molar-refractivity contribution in [1.29, 1.82) is 0 Å². The molecule has 0 bridgehead atoms. The second-order valence-electron chi connectivity index (χ2n) is 18.3. The molecule has 3 atom stereocenters. The van der Waals surface area contributed by atoms with Crippen molar-refractivity contribution in [3.63, 3.8) is 0 Å². The van der Waals surface area contributed by atoms with Gasteiger partial charge in [-0.3, -0.25) is 9.59 Å². The van der Waals surface area contributed by atoms with Gasteiger partial charge in [-0.25, -0.2) is 0 Å². The maximum atomic E-state index is 13.2. The van der Waals surface area contributed by atoms with Crippen molar-refractivity contribution < 1.29 is 24.5 Å². The summed E-state index contributed by atoms with van der Waals surface area (Å²) in [5, 5.41) is 23.7. The van der Waals surface area contributed by atoms with Crippen LogP contribution < -0.4 is 5.32 Å². The highest BCUT2D eigenvalue weighted by molar-refractivity contribution is 5.77. The minimum Gasteiger partial charge on any atom is -0.462 e. The van der Waals surface area contributed by atoms with E-state index >= 15 is 0 Å². The van der Waals surface area contributed by atoms with Gasteiger partial charge in [0, 0.05) is 6.42 Å². The minimum atomic E-state index is -0.784. The van der Waals surface area contributed by atoms with Crippen LogP contribution in [0, 0.1) is 0 Å². The Morgan fingerprint density at radius 3 is 1.22 bits per heavy atom. The first-order valence-electron chi connectivity index (χ1n) is 26.4. The first-order chi connectivity index (χ1) is 29.0. The molecule has 350 valence electrons. The molecule has 3 N–H and O–H groups in total. The number of hydrogen-bond acceptors (Lipinski definition) is 5. The molecule has 0 aromatic heterocycles. The third-order valence-corrected chi connectivity index (χ3v) is 12.3. The molecule has 6 heteroatoms. The maximum Gasteiger partial charge on any atom is 0.306 e. The van der Waals surface area contributed by atoms with Crippen LogP contribution in [0.1, 0.15) is 290 Å². The Labute approximate surface area is 368 Å². The van der Waals surface area contributed by atoms with E-state index in [-0.39, 0.29) is 24.9 Å². The second-order valence-corrected chi connectivity index (χ2v) is 18.3. The van der Waals surface area contributed by atoms with Crippen LogP contribution in [-0.4, -0.2) is 46.9 Å². The number of nitrogens with one attached hydrogen (secondary N) is 1. The molecule has 0 saturated heterocycles. The van der Waals surface area contributed by atoms with E-state index in [2.05, 4.69) is 38.2 Å². The lowest BCUT2D eigenvalue weighted by Gasteiger charge is -2.24. The summed E-state index contributed by atoms with van der Waals surface area (Å²) in [5.41, 5.74) is 0. The molecule has 59 heavy (non-hydrogen) atoms. The summed E-state index contributed by atoms with van der Waals surface area (Å²) in [7, 11) is 0. The van der Waals surface area contributed by atoms with Gasteiger partial charge in [-0.1, -0.05) is 238 Å². The van der Waals surface area contributed by atoms with Crippen LogP contribution in [0.25, 0.3) is 0 Å². The van der Waals surface area contributed by atoms with Gasteiger partial charge in [0.25, 0.3) is 0 Å². The first-order valence-corrected chi connectivity index (χ1v) is 26.4. The SMILES string of the molecule is CCCCCCCCCCC/C=C/CCCCCC(CC(=O)NC(CO)C(O)CCCCCCCCCCC)OC(=O)CCCCCCCCCCCCCCCCC. The third kappa shape index (κ3) is 43.1. The average molecular weight is 834 g/mol. The fourth-order valence-corrected chi connectivity index (χ4v) is 8.31. The lowest BCUT2D eigenvalue weighted by atomic mass is 10.0. The normalized spacial score (nSPS) is 13.2. The summed E-state index contributed by atoms with van der Waals surface area (Å²) in [6, 6.07) is -0.699. The molecular formula is C53H103NO5. The Kier molecular flexibility index (Phi) is 46.5. The average Bonchev–Trinajstić information content (AvgIpc) is 3.23. The van der Waals surface area contributed by atoms with Gasteiger partial charge < -0.3 is 20.3 Å². The van der Waals surface area contributed by atoms with E-state index in [9.17, 15) is 19.8 Å². The Bertz CT molecular complexity index is 893. The Morgan fingerprint density at radius 1 is 0.475 bits per heavy atom. The lowest BCUT2D eigenvalue weighted by molar-refractivity contribution is -0.151. The van der Waals surface area contributed by atoms with Gasteiger partial charge >= 0.3 is 5.97 Å².